The minimum absolute atomic E-state index is 0.154. The Morgan fingerprint density at radius 1 is 0.939 bits per heavy atom. The molecular weight excluding hydrogens is 480 g/mol. The van der Waals surface area contributed by atoms with Gasteiger partial charge in [-0.1, -0.05) is 64.5 Å². The number of ether oxygens (including phenoxy) is 1. The third kappa shape index (κ3) is 7.19. The molecule has 0 saturated heterocycles. The lowest BCUT2D eigenvalue weighted by Gasteiger charge is -2.31. The third-order valence-corrected chi connectivity index (χ3v) is 5.81. The first kappa shape index (κ1) is 24.5. The van der Waals surface area contributed by atoms with Crippen molar-refractivity contribution in [2.24, 2.45) is 0 Å². The molecule has 0 saturated carbocycles. The van der Waals surface area contributed by atoms with Crippen LogP contribution in [0.3, 0.4) is 0 Å². The molecule has 0 aliphatic heterocycles. The molecule has 0 aliphatic carbocycles. The van der Waals surface area contributed by atoms with Crippen LogP contribution in [0.15, 0.2) is 77.3 Å². The number of nitrogens with zero attached hydrogens (tertiary/aromatic N) is 1. The van der Waals surface area contributed by atoms with Crippen molar-refractivity contribution in [2.45, 2.75) is 32.9 Å². The molecule has 3 aromatic rings. The molecular formula is C27H29BrN2O3. The summed E-state index contributed by atoms with van der Waals surface area (Å²) in [6.07, 6.45) is 0.407. The Morgan fingerprint density at radius 3 is 2.24 bits per heavy atom. The molecule has 0 radical (unpaired) electrons. The summed E-state index contributed by atoms with van der Waals surface area (Å²) in [5.41, 5.74) is 4.03. The number of rotatable bonds is 9. The van der Waals surface area contributed by atoms with Gasteiger partial charge < -0.3 is 15.0 Å². The highest BCUT2D eigenvalue weighted by Crippen LogP contribution is 2.20. The molecule has 3 aromatic carbocycles. The van der Waals surface area contributed by atoms with E-state index >= 15 is 0 Å². The topological polar surface area (TPSA) is 58.6 Å². The van der Waals surface area contributed by atoms with Gasteiger partial charge in [-0.15, -0.1) is 0 Å². The first-order valence-corrected chi connectivity index (χ1v) is 11.7. The summed E-state index contributed by atoms with van der Waals surface area (Å²) < 4.78 is 6.77. The van der Waals surface area contributed by atoms with Crippen LogP contribution in [0, 0.1) is 13.8 Å². The smallest absolute Gasteiger partial charge is 0.261 e. The van der Waals surface area contributed by atoms with Gasteiger partial charge >= 0.3 is 0 Å². The van der Waals surface area contributed by atoms with E-state index in [1.807, 2.05) is 80.6 Å². The molecule has 0 heterocycles. The lowest BCUT2D eigenvalue weighted by molar-refractivity contribution is -0.142. The van der Waals surface area contributed by atoms with E-state index < -0.39 is 6.04 Å². The lowest BCUT2D eigenvalue weighted by Crippen LogP contribution is -2.51. The monoisotopic (exact) mass is 508 g/mol. The van der Waals surface area contributed by atoms with Crippen LogP contribution in [0.1, 0.15) is 22.3 Å². The maximum Gasteiger partial charge on any atom is 0.261 e. The molecule has 0 unspecified atom stereocenters. The Labute approximate surface area is 203 Å². The Kier molecular flexibility index (Phi) is 8.66. The van der Waals surface area contributed by atoms with E-state index in [2.05, 4.69) is 27.3 Å². The van der Waals surface area contributed by atoms with Gasteiger partial charge in [0, 0.05) is 24.5 Å². The first-order valence-electron chi connectivity index (χ1n) is 10.9. The predicted molar refractivity (Wildman–Crippen MR) is 134 cm³/mol. The molecule has 0 aromatic heterocycles. The van der Waals surface area contributed by atoms with E-state index in [0.29, 0.717) is 18.7 Å². The summed E-state index contributed by atoms with van der Waals surface area (Å²) in [5.74, 6) is 0.176. The summed E-state index contributed by atoms with van der Waals surface area (Å²) in [5, 5.41) is 2.72. The summed E-state index contributed by atoms with van der Waals surface area (Å²) in [6, 6.07) is 22.6. The number of aryl methyl sites for hydroxylation is 2. The van der Waals surface area contributed by atoms with E-state index in [1.165, 1.54) is 0 Å². The second kappa shape index (κ2) is 11.7. The number of carbonyl (C=O) groups is 2. The van der Waals surface area contributed by atoms with Gasteiger partial charge in [0.05, 0.1) is 0 Å². The van der Waals surface area contributed by atoms with Crippen LogP contribution < -0.4 is 10.1 Å². The van der Waals surface area contributed by atoms with Crippen LogP contribution >= 0.6 is 15.9 Å². The van der Waals surface area contributed by atoms with Crippen LogP contribution in [0.4, 0.5) is 0 Å². The zero-order chi connectivity index (χ0) is 23.8. The molecule has 6 heteroatoms. The minimum Gasteiger partial charge on any atom is -0.484 e. The second-order valence-corrected chi connectivity index (χ2v) is 9.00. The minimum atomic E-state index is -0.674. The van der Waals surface area contributed by atoms with Gasteiger partial charge in [0.15, 0.2) is 6.61 Å². The maximum atomic E-state index is 13.4. The fourth-order valence-corrected chi connectivity index (χ4v) is 4.24. The Bertz CT molecular complexity index is 1080. The number of nitrogens with one attached hydrogen (secondary N) is 1. The number of likely N-dealkylation sites (N-methyl/N-ethyl adjacent to an activating group) is 1. The zero-order valence-corrected chi connectivity index (χ0v) is 20.8. The predicted octanol–water partition coefficient (Wildman–Crippen LogP) is 4.83. The van der Waals surface area contributed by atoms with Gasteiger partial charge in [-0.05, 0) is 60.4 Å². The zero-order valence-electron chi connectivity index (χ0n) is 19.2. The number of benzene rings is 3. The van der Waals surface area contributed by atoms with Gasteiger partial charge in [-0.2, -0.15) is 0 Å². The van der Waals surface area contributed by atoms with Crippen molar-refractivity contribution in [3.8, 4) is 5.75 Å². The van der Waals surface area contributed by atoms with E-state index in [1.54, 1.807) is 11.9 Å². The van der Waals surface area contributed by atoms with Crippen molar-refractivity contribution >= 4 is 27.7 Å². The Balaban J connectivity index is 1.88. The van der Waals surface area contributed by atoms with Gasteiger partial charge in [-0.25, -0.2) is 0 Å². The average molecular weight is 509 g/mol. The van der Waals surface area contributed by atoms with Crippen LogP contribution in [0.2, 0.25) is 0 Å². The summed E-state index contributed by atoms with van der Waals surface area (Å²) in [7, 11) is 1.59. The fraction of sp³-hybridized carbons (Fsp3) is 0.259. The standard InChI is InChI=1S/C27H29BrN2O3/c1-19-12-20(2)14-24(13-19)33-18-26(31)30(17-22-10-7-11-23(28)15-22)25(27(32)29-3)16-21-8-5-4-6-9-21/h4-15,25H,16-18H2,1-3H3,(H,29,32)/t25-/m1/s1. The third-order valence-electron chi connectivity index (χ3n) is 5.32. The number of amides is 2. The molecule has 3 rings (SSSR count). The van der Waals surface area contributed by atoms with Crippen LogP contribution in [0.25, 0.3) is 0 Å². The summed E-state index contributed by atoms with van der Waals surface area (Å²) in [6.45, 7) is 4.12. The van der Waals surface area contributed by atoms with Gasteiger partial charge in [0.1, 0.15) is 11.8 Å². The average Bonchev–Trinajstić information content (AvgIpc) is 2.79. The van der Waals surface area contributed by atoms with Crippen molar-refractivity contribution < 1.29 is 14.3 Å². The van der Waals surface area contributed by atoms with Crippen LogP contribution in [0.5, 0.6) is 5.75 Å². The quantitative estimate of drug-likeness (QED) is 0.450. The number of carbonyl (C=O) groups excluding carboxylic acids is 2. The van der Waals surface area contributed by atoms with E-state index in [9.17, 15) is 9.59 Å². The van der Waals surface area contributed by atoms with Crippen molar-refractivity contribution in [2.75, 3.05) is 13.7 Å². The Morgan fingerprint density at radius 2 is 1.61 bits per heavy atom. The highest BCUT2D eigenvalue weighted by molar-refractivity contribution is 9.10. The van der Waals surface area contributed by atoms with Gasteiger partial charge in [-0.3, -0.25) is 9.59 Å². The van der Waals surface area contributed by atoms with Gasteiger partial charge in [0.25, 0.3) is 5.91 Å². The number of halogens is 1. The second-order valence-electron chi connectivity index (χ2n) is 8.08. The highest BCUT2D eigenvalue weighted by Gasteiger charge is 2.30. The van der Waals surface area contributed by atoms with E-state index in [-0.39, 0.29) is 18.4 Å². The molecule has 0 spiro atoms. The molecule has 172 valence electrons. The van der Waals surface area contributed by atoms with Crippen molar-refractivity contribution in [1.82, 2.24) is 10.2 Å². The highest BCUT2D eigenvalue weighted by atomic mass is 79.9. The summed E-state index contributed by atoms with van der Waals surface area (Å²) in [4.78, 5) is 28.0. The normalized spacial score (nSPS) is 11.5. The Hall–Kier alpha value is -3.12. The SMILES string of the molecule is CNC(=O)[C@@H](Cc1ccccc1)N(Cc1cccc(Br)c1)C(=O)COc1cc(C)cc(C)c1. The van der Waals surface area contributed by atoms with E-state index in [4.69, 9.17) is 4.74 Å². The molecule has 0 aliphatic rings. The molecule has 33 heavy (non-hydrogen) atoms. The van der Waals surface area contributed by atoms with Crippen molar-refractivity contribution in [3.63, 3.8) is 0 Å². The molecule has 1 N–H and O–H groups in total. The largest absolute Gasteiger partial charge is 0.484 e. The molecule has 2 amide bonds. The lowest BCUT2D eigenvalue weighted by atomic mass is 10.0. The van der Waals surface area contributed by atoms with Crippen LogP contribution in [-0.4, -0.2) is 36.4 Å². The van der Waals surface area contributed by atoms with Crippen molar-refractivity contribution in [3.05, 3.63) is 99.5 Å². The molecule has 1 atom stereocenters. The number of hydrogen-bond acceptors (Lipinski definition) is 3. The van der Waals surface area contributed by atoms with Crippen LogP contribution in [-0.2, 0) is 22.6 Å². The van der Waals surface area contributed by atoms with E-state index in [0.717, 1.165) is 26.7 Å². The number of hydrogen-bond donors (Lipinski definition) is 1. The first-order chi connectivity index (χ1) is 15.9. The molecule has 5 nitrogen and oxygen atoms in total. The fourth-order valence-electron chi connectivity index (χ4n) is 3.80. The summed E-state index contributed by atoms with van der Waals surface area (Å²) >= 11 is 3.49. The van der Waals surface area contributed by atoms with Crippen molar-refractivity contribution in [1.29, 1.82) is 0 Å². The molecule has 0 fully saturated rings. The molecule has 0 bridgehead atoms. The van der Waals surface area contributed by atoms with Gasteiger partial charge in [0.2, 0.25) is 5.91 Å². The maximum absolute atomic E-state index is 13.4.